The summed E-state index contributed by atoms with van der Waals surface area (Å²) in [5.41, 5.74) is 0.792. The van der Waals surface area contributed by atoms with E-state index in [9.17, 15) is 19.8 Å². The molecule has 0 aromatic heterocycles. The number of Topliss-reactive ketones (excluding diaryl/α,β-unsaturated/α-hetero) is 3. The van der Waals surface area contributed by atoms with Crippen LogP contribution in [0.2, 0.25) is 0 Å². The largest absolute Gasteiger partial charge is 0.506 e. The molecule has 2 saturated carbocycles. The van der Waals surface area contributed by atoms with Crippen LogP contribution in [0.4, 0.5) is 4.79 Å². The van der Waals surface area contributed by atoms with Gasteiger partial charge >= 0.3 is 12.0 Å². The molecule has 1 aromatic carbocycles. The van der Waals surface area contributed by atoms with E-state index < -0.39 is 45.1 Å². The maximum atomic E-state index is 15.7. The third-order valence-corrected chi connectivity index (χ3v) is 15.6. The number of ketones is 3. The first-order chi connectivity index (χ1) is 30.2. The van der Waals surface area contributed by atoms with Crippen LogP contribution in [-0.4, -0.2) is 62.6 Å². The second-order valence-electron chi connectivity index (χ2n) is 19.9. The number of benzene rings is 1. The van der Waals surface area contributed by atoms with Crippen molar-refractivity contribution in [1.82, 2.24) is 10.6 Å². The summed E-state index contributed by atoms with van der Waals surface area (Å²) in [6.07, 6.45) is 16.4. The van der Waals surface area contributed by atoms with Crippen molar-refractivity contribution in [3.05, 3.63) is 87.6 Å². The molecule has 2 unspecified atom stereocenters. The number of phenolic OH excluding ortho intramolecular Hbond substituents is 1. The van der Waals surface area contributed by atoms with Crippen molar-refractivity contribution >= 4 is 46.9 Å². The Balaban J connectivity index is 1.55. The Hall–Kier alpha value is -4.64. The number of nitrogens with one attached hydrogen (secondary N) is 2. The average molecular weight is 897 g/mol. The molecule has 348 valence electrons. The summed E-state index contributed by atoms with van der Waals surface area (Å²) in [6.45, 7) is 20.1. The average Bonchev–Trinajstić information content (AvgIpc) is 3.77. The Labute approximate surface area is 385 Å². The number of esters is 1. The number of aliphatic hydroxyl groups excluding tert-OH is 1. The fourth-order valence-electron chi connectivity index (χ4n) is 10.3. The van der Waals surface area contributed by atoms with Crippen LogP contribution in [0.3, 0.4) is 0 Å². The minimum Gasteiger partial charge on any atom is -0.506 e. The Kier molecular flexibility index (Phi) is 16.6. The highest BCUT2D eigenvalue weighted by molar-refractivity contribution is 8.00. The number of urea groups is 1. The summed E-state index contributed by atoms with van der Waals surface area (Å²) in [7, 11) is 0. The van der Waals surface area contributed by atoms with Gasteiger partial charge in [0.1, 0.15) is 16.7 Å². The molecule has 4 N–H and O–H groups in total. The second-order valence-corrected chi connectivity index (χ2v) is 21.2. The van der Waals surface area contributed by atoms with E-state index >= 15 is 14.4 Å². The number of hydrogen-bond acceptors (Lipinski definition) is 9. The molecule has 4 aliphatic rings. The van der Waals surface area contributed by atoms with Gasteiger partial charge in [0.2, 0.25) is 0 Å². The van der Waals surface area contributed by atoms with Crippen molar-refractivity contribution in [2.75, 3.05) is 5.75 Å². The predicted octanol–water partition coefficient (Wildman–Crippen LogP) is 11.6. The van der Waals surface area contributed by atoms with Gasteiger partial charge in [-0.2, -0.15) is 11.8 Å². The van der Waals surface area contributed by atoms with E-state index in [4.69, 9.17) is 4.74 Å². The number of ether oxygens (including phenoxy) is 1. The number of allylic oxidation sites excluding steroid dienone is 11. The number of amides is 2. The summed E-state index contributed by atoms with van der Waals surface area (Å²) < 4.78 is 5.64. The van der Waals surface area contributed by atoms with Crippen LogP contribution >= 0.6 is 11.8 Å². The molecule has 2 heterocycles. The standard InChI is InChI=1S/C53H72N2O8S/c1-32(2)15-13-17-36(9)20-22-38-30-52(27-24-34(5)6)47(59)44(48(60)53(49(52)61,28-25-35(7)8)51(38,10)26-14-16-33(3)4)46(58)37-21-23-40(56)41(29-37)63-43(57)19-12-11-18-42-45-39(31-64-42)54-50(62)55-45/h15-16,20-21,23-25,29,38-39,42,45,56,58H,11-14,17-19,22,26-28,30-31H2,1-10H3,(H2,54,55,62)/b36-20+,46-44+/t38-,39?,42+,45?,51+,52+,53-/m1/s1. The van der Waals surface area contributed by atoms with Crippen molar-refractivity contribution < 1.29 is 38.9 Å². The smallest absolute Gasteiger partial charge is 0.315 e. The highest BCUT2D eigenvalue weighted by Crippen LogP contribution is 2.67. The lowest BCUT2D eigenvalue weighted by Crippen LogP contribution is -2.70. The van der Waals surface area contributed by atoms with Gasteiger partial charge in [-0.15, -0.1) is 0 Å². The topological polar surface area (TPSA) is 159 Å². The van der Waals surface area contributed by atoms with Gasteiger partial charge in [0.15, 0.2) is 28.8 Å². The number of hydrogen-bond donors (Lipinski definition) is 4. The summed E-state index contributed by atoms with van der Waals surface area (Å²) in [5, 5.41) is 29.4. The number of fused-ring (bicyclic) bond motifs is 3. The molecule has 4 fully saturated rings. The number of aromatic hydroxyl groups is 1. The quantitative estimate of drug-likeness (QED) is 0.0122. The number of thioether (sulfide) groups is 1. The number of carbonyl (C=O) groups is 5. The minimum atomic E-state index is -1.69. The summed E-state index contributed by atoms with van der Waals surface area (Å²) in [6, 6.07) is 3.97. The zero-order chi connectivity index (χ0) is 47.1. The number of unbranched alkanes of at least 4 members (excludes halogenated alkanes) is 1. The first-order valence-corrected chi connectivity index (χ1v) is 24.2. The van der Waals surface area contributed by atoms with Crippen LogP contribution < -0.4 is 15.4 Å². The zero-order valence-corrected chi connectivity index (χ0v) is 40.7. The van der Waals surface area contributed by atoms with Gasteiger partial charge in [-0.05, 0) is 156 Å². The Morgan fingerprint density at radius 1 is 0.828 bits per heavy atom. The molecule has 1 aromatic rings. The van der Waals surface area contributed by atoms with Crippen molar-refractivity contribution in [2.45, 2.75) is 164 Å². The van der Waals surface area contributed by atoms with Gasteiger partial charge in [-0.1, -0.05) is 71.6 Å². The predicted molar refractivity (Wildman–Crippen MR) is 257 cm³/mol. The number of phenols is 1. The Morgan fingerprint density at radius 3 is 2.16 bits per heavy atom. The van der Waals surface area contributed by atoms with Crippen LogP contribution in [-0.2, 0) is 19.2 Å². The molecule has 0 spiro atoms. The number of aliphatic hydroxyl groups is 1. The summed E-state index contributed by atoms with van der Waals surface area (Å²) in [4.78, 5) is 71.7. The molecule has 2 aliphatic carbocycles. The third kappa shape index (κ3) is 10.7. The molecule has 0 radical (unpaired) electrons. The van der Waals surface area contributed by atoms with E-state index in [0.717, 1.165) is 48.2 Å². The lowest BCUT2D eigenvalue weighted by molar-refractivity contribution is -0.178. The molecule has 11 heteroatoms. The van der Waals surface area contributed by atoms with E-state index in [1.54, 1.807) is 11.8 Å². The molecule has 2 saturated heterocycles. The first kappa shape index (κ1) is 50.4. The molecule has 64 heavy (non-hydrogen) atoms. The SMILES string of the molecule is CC(C)=CCC/C(C)=C/C[C@@H]1C[C@@]2(CC=C(C)C)C(=O)/C(=C(\O)c3ccc(O)c(OC(=O)CCCC[C@@H]4SCC5NC(=O)NC54)c3)C(=O)[C@](CC=C(C)C)(C2=O)[C@@]1(C)CCC=C(C)C. The summed E-state index contributed by atoms with van der Waals surface area (Å²) >= 11 is 1.81. The van der Waals surface area contributed by atoms with Crippen molar-refractivity contribution in [1.29, 1.82) is 0 Å². The second kappa shape index (κ2) is 21.1. The van der Waals surface area contributed by atoms with Crippen LogP contribution in [0, 0.1) is 22.2 Å². The van der Waals surface area contributed by atoms with Crippen molar-refractivity contribution in [3.8, 4) is 11.5 Å². The van der Waals surface area contributed by atoms with Crippen LogP contribution in [0.15, 0.2) is 82.0 Å². The van der Waals surface area contributed by atoms with E-state index in [0.29, 0.717) is 25.7 Å². The third-order valence-electron chi connectivity index (χ3n) is 14.1. The van der Waals surface area contributed by atoms with Gasteiger partial charge in [0.25, 0.3) is 0 Å². The van der Waals surface area contributed by atoms with Crippen LogP contribution in [0.25, 0.3) is 5.76 Å². The monoisotopic (exact) mass is 897 g/mol. The number of rotatable bonds is 19. The highest BCUT2D eigenvalue weighted by atomic mass is 32.2. The van der Waals surface area contributed by atoms with Crippen LogP contribution in [0.5, 0.6) is 11.5 Å². The van der Waals surface area contributed by atoms with Gasteiger partial charge < -0.3 is 25.6 Å². The van der Waals surface area contributed by atoms with Crippen molar-refractivity contribution in [2.24, 2.45) is 22.2 Å². The maximum absolute atomic E-state index is 15.7. The van der Waals surface area contributed by atoms with Gasteiger partial charge in [0.05, 0.1) is 17.5 Å². The van der Waals surface area contributed by atoms with E-state index in [1.165, 1.54) is 29.3 Å². The molecule has 2 aliphatic heterocycles. The minimum absolute atomic E-state index is 0.0113. The maximum Gasteiger partial charge on any atom is 0.315 e. The van der Waals surface area contributed by atoms with Gasteiger partial charge in [0, 0.05) is 23.0 Å². The van der Waals surface area contributed by atoms with E-state index in [2.05, 4.69) is 56.6 Å². The van der Waals surface area contributed by atoms with Crippen molar-refractivity contribution in [3.63, 3.8) is 0 Å². The van der Waals surface area contributed by atoms with E-state index in [-0.39, 0.29) is 77.8 Å². The van der Waals surface area contributed by atoms with Crippen LogP contribution in [0.1, 0.15) is 152 Å². The lowest BCUT2D eigenvalue weighted by atomic mass is 9.37. The molecule has 2 amide bonds. The normalized spacial score (nSPS) is 28.1. The summed E-state index contributed by atoms with van der Waals surface area (Å²) in [5.74, 6) is -2.90. The molecule has 5 rings (SSSR count). The molecule has 7 atom stereocenters. The fraction of sp³-hybridized carbons (Fsp3) is 0.566. The number of carbonyl (C=O) groups excluding carboxylic acids is 5. The molecular weight excluding hydrogens is 825 g/mol. The Bertz CT molecular complexity index is 2180. The van der Waals surface area contributed by atoms with Gasteiger partial charge in [-0.25, -0.2) is 4.79 Å². The molecule has 10 nitrogen and oxygen atoms in total. The zero-order valence-electron chi connectivity index (χ0n) is 39.9. The molecular formula is C53H72N2O8S. The Morgan fingerprint density at radius 2 is 1.48 bits per heavy atom. The van der Waals surface area contributed by atoms with E-state index in [1.807, 2.05) is 53.7 Å². The first-order valence-electron chi connectivity index (χ1n) is 23.2. The highest BCUT2D eigenvalue weighted by Gasteiger charge is 2.74. The fourth-order valence-corrected chi connectivity index (χ4v) is 11.8. The van der Waals surface area contributed by atoms with Gasteiger partial charge in [-0.3, -0.25) is 19.2 Å². The lowest BCUT2D eigenvalue weighted by Gasteiger charge is -2.61. The molecule has 2 bridgehead atoms.